The highest BCUT2D eigenvalue weighted by Crippen LogP contribution is 2.28. The normalized spacial score (nSPS) is 15.6. The van der Waals surface area contributed by atoms with Gasteiger partial charge < -0.3 is 9.64 Å². The van der Waals surface area contributed by atoms with E-state index >= 15 is 0 Å². The number of nitrogens with zero attached hydrogens (tertiary/aromatic N) is 3. The molecule has 10 heteroatoms. The SMILES string of the molecule is O=[N+]([O-])c1ccc(Cl)c(S(=O)(=O)/N=C(/c2ccccc2)N2CCOCC2)c1. The topological polar surface area (TPSA) is 102 Å². The van der Waals surface area contributed by atoms with E-state index in [0.29, 0.717) is 31.9 Å². The van der Waals surface area contributed by atoms with Crippen LogP contribution in [0.3, 0.4) is 0 Å². The largest absolute Gasteiger partial charge is 0.378 e. The summed E-state index contributed by atoms with van der Waals surface area (Å²) in [5, 5.41) is 10.9. The maximum Gasteiger partial charge on any atom is 0.286 e. The molecule has 0 bridgehead atoms. The Bertz CT molecular complexity index is 973. The highest BCUT2D eigenvalue weighted by Gasteiger charge is 2.25. The van der Waals surface area contributed by atoms with Crippen LogP contribution in [0.25, 0.3) is 0 Å². The molecular formula is C17H16ClN3O5S. The molecule has 1 heterocycles. The van der Waals surface area contributed by atoms with Gasteiger partial charge in [0.05, 0.1) is 23.2 Å². The molecule has 142 valence electrons. The van der Waals surface area contributed by atoms with Crippen molar-refractivity contribution in [2.24, 2.45) is 4.40 Å². The zero-order valence-electron chi connectivity index (χ0n) is 14.1. The zero-order valence-corrected chi connectivity index (χ0v) is 15.7. The van der Waals surface area contributed by atoms with Gasteiger partial charge >= 0.3 is 0 Å². The molecule has 0 N–H and O–H groups in total. The summed E-state index contributed by atoms with van der Waals surface area (Å²) in [6.07, 6.45) is 0. The summed E-state index contributed by atoms with van der Waals surface area (Å²) in [7, 11) is -4.27. The second-order valence-electron chi connectivity index (χ2n) is 5.73. The molecule has 0 spiro atoms. The summed E-state index contributed by atoms with van der Waals surface area (Å²) in [5.74, 6) is 0.251. The van der Waals surface area contributed by atoms with Crippen LogP contribution in [-0.4, -0.2) is 50.4 Å². The molecule has 0 aromatic heterocycles. The van der Waals surface area contributed by atoms with Gasteiger partial charge in [-0.25, -0.2) is 0 Å². The lowest BCUT2D eigenvalue weighted by Gasteiger charge is -2.29. The smallest absolute Gasteiger partial charge is 0.286 e. The van der Waals surface area contributed by atoms with Crippen LogP contribution < -0.4 is 0 Å². The Morgan fingerprint density at radius 3 is 2.44 bits per heavy atom. The van der Waals surface area contributed by atoms with Crippen LogP contribution in [0.15, 0.2) is 57.8 Å². The average Bonchev–Trinajstić information content (AvgIpc) is 2.67. The molecule has 8 nitrogen and oxygen atoms in total. The Kier molecular flexibility index (Phi) is 5.73. The summed E-state index contributed by atoms with van der Waals surface area (Å²) < 4.78 is 35.1. The van der Waals surface area contributed by atoms with E-state index in [-0.39, 0.29) is 16.5 Å². The minimum absolute atomic E-state index is 0.126. The fourth-order valence-electron chi connectivity index (χ4n) is 2.62. The van der Waals surface area contributed by atoms with Crippen molar-refractivity contribution in [2.75, 3.05) is 26.3 Å². The molecular weight excluding hydrogens is 394 g/mol. The van der Waals surface area contributed by atoms with Gasteiger partial charge in [0, 0.05) is 30.8 Å². The third-order valence-corrected chi connectivity index (χ3v) is 5.70. The van der Waals surface area contributed by atoms with Crippen molar-refractivity contribution in [1.82, 2.24) is 4.90 Å². The fourth-order valence-corrected chi connectivity index (χ4v) is 4.16. The lowest BCUT2D eigenvalue weighted by molar-refractivity contribution is -0.385. The van der Waals surface area contributed by atoms with Crippen LogP contribution in [0.4, 0.5) is 5.69 Å². The maximum absolute atomic E-state index is 12.9. The van der Waals surface area contributed by atoms with Crippen molar-refractivity contribution < 1.29 is 18.1 Å². The first-order valence-electron chi connectivity index (χ1n) is 8.05. The van der Waals surface area contributed by atoms with Crippen LogP contribution in [0, 0.1) is 10.1 Å². The quantitative estimate of drug-likeness (QED) is 0.333. The number of nitro groups is 1. The number of ether oxygens (including phenoxy) is 1. The Morgan fingerprint density at radius 2 is 1.81 bits per heavy atom. The molecule has 0 aliphatic carbocycles. The highest BCUT2D eigenvalue weighted by atomic mass is 35.5. The van der Waals surface area contributed by atoms with E-state index in [1.165, 1.54) is 6.07 Å². The second kappa shape index (κ2) is 8.03. The zero-order chi connectivity index (χ0) is 19.4. The van der Waals surface area contributed by atoms with Gasteiger partial charge in [0.25, 0.3) is 15.7 Å². The fraction of sp³-hybridized carbons (Fsp3) is 0.235. The summed E-state index contributed by atoms with van der Waals surface area (Å²) in [6.45, 7) is 1.85. The Morgan fingerprint density at radius 1 is 1.15 bits per heavy atom. The molecule has 1 saturated heterocycles. The van der Waals surface area contributed by atoms with E-state index < -0.39 is 19.8 Å². The highest BCUT2D eigenvalue weighted by molar-refractivity contribution is 7.90. The van der Waals surface area contributed by atoms with E-state index in [9.17, 15) is 18.5 Å². The molecule has 3 rings (SSSR count). The number of halogens is 1. The van der Waals surface area contributed by atoms with Gasteiger partial charge in [-0.1, -0.05) is 41.9 Å². The third-order valence-electron chi connectivity index (χ3n) is 3.95. The minimum Gasteiger partial charge on any atom is -0.378 e. The first-order chi connectivity index (χ1) is 12.9. The summed E-state index contributed by atoms with van der Waals surface area (Å²) in [4.78, 5) is 11.7. The number of nitro benzene ring substituents is 1. The number of amidine groups is 1. The van der Waals surface area contributed by atoms with Crippen molar-refractivity contribution in [2.45, 2.75) is 4.90 Å². The molecule has 2 aromatic rings. The number of rotatable bonds is 4. The maximum atomic E-state index is 12.9. The van der Waals surface area contributed by atoms with Gasteiger partial charge in [-0.15, -0.1) is 4.40 Å². The van der Waals surface area contributed by atoms with E-state index in [0.717, 1.165) is 12.1 Å². The van der Waals surface area contributed by atoms with E-state index in [1.807, 2.05) is 11.0 Å². The lowest BCUT2D eigenvalue weighted by atomic mass is 10.2. The molecule has 2 aromatic carbocycles. The molecule has 0 unspecified atom stereocenters. The first-order valence-corrected chi connectivity index (χ1v) is 9.87. The van der Waals surface area contributed by atoms with Gasteiger partial charge in [0.2, 0.25) is 0 Å². The molecule has 0 radical (unpaired) electrons. The Hall–Kier alpha value is -2.49. The number of morpholine rings is 1. The third kappa shape index (κ3) is 4.44. The first kappa shape index (κ1) is 19.3. The molecule has 1 fully saturated rings. The minimum atomic E-state index is -4.27. The summed E-state index contributed by atoms with van der Waals surface area (Å²) in [6, 6.07) is 12.1. The number of sulfonamides is 1. The Balaban J connectivity index is 2.11. The number of non-ortho nitro benzene ring substituents is 1. The average molecular weight is 410 g/mol. The van der Waals surface area contributed by atoms with Gasteiger partial charge in [-0.05, 0) is 6.07 Å². The standard InChI is InChI=1S/C17H16ClN3O5S/c18-15-7-6-14(21(22)23)12-16(15)27(24,25)19-17(13-4-2-1-3-5-13)20-8-10-26-11-9-20/h1-7,12H,8-11H2/b19-17-. The van der Waals surface area contributed by atoms with E-state index in [1.54, 1.807) is 24.3 Å². The Labute approximate surface area is 161 Å². The van der Waals surface area contributed by atoms with Gasteiger partial charge in [-0.3, -0.25) is 10.1 Å². The molecule has 1 aliphatic rings. The van der Waals surface area contributed by atoms with Gasteiger partial charge in [0.1, 0.15) is 10.7 Å². The van der Waals surface area contributed by atoms with Crippen molar-refractivity contribution in [3.05, 3.63) is 69.2 Å². The number of benzene rings is 2. The monoisotopic (exact) mass is 409 g/mol. The van der Waals surface area contributed by atoms with Crippen LogP contribution in [0.1, 0.15) is 5.56 Å². The van der Waals surface area contributed by atoms with Crippen molar-refractivity contribution >= 4 is 33.1 Å². The second-order valence-corrected chi connectivity index (χ2v) is 7.71. The predicted molar refractivity (Wildman–Crippen MR) is 101 cm³/mol. The summed E-state index contributed by atoms with van der Waals surface area (Å²) >= 11 is 6.00. The molecule has 1 aliphatic heterocycles. The molecule has 0 saturated carbocycles. The van der Waals surface area contributed by atoms with Crippen molar-refractivity contribution in [3.63, 3.8) is 0 Å². The predicted octanol–water partition coefficient (Wildman–Crippen LogP) is 2.72. The molecule has 0 atom stereocenters. The van der Waals surface area contributed by atoms with E-state index in [2.05, 4.69) is 4.40 Å². The van der Waals surface area contributed by atoms with Crippen molar-refractivity contribution in [3.8, 4) is 0 Å². The molecule has 27 heavy (non-hydrogen) atoms. The summed E-state index contributed by atoms with van der Waals surface area (Å²) in [5.41, 5.74) is 0.241. The van der Waals surface area contributed by atoms with E-state index in [4.69, 9.17) is 16.3 Å². The molecule has 0 amide bonds. The van der Waals surface area contributed by atoms with Crippen molar-refractivity contribution in [1.29, 1.82) is 0 Å². The van der Waals surface area contributed by atoms with Crippen LogP contribution >= 0.6 is 11.6 Å². The number of hydrogen-bond donors (Lipinski definition) is 0. The van der Waals surface area contributed by atoms with Gasteiger partial charge in [0.15, 0.2) is 0 Å². The number of hydrogen-bond acceptors (Lipinski definition) is 5. The van der Waals surface area contributed by atoms with Crippen LogP contribution in [0.2, 0.25) is 5.02 Å². The van der Waals surface area contributed by atoms with Crippen LogP contribution in [-0.2, 0) is 14.8 Å². The van der Waals surface area contributed by atoms with Gasteiger partial charge in [-0.2, -0.15) is 8.42 Å². The lowest BCUT2D eigenvalue weighted by Crippen LogP contribution is -2.41. The van der Waals surface area contributed by atoms with Crippen LogP contribution in [0.5, 0.6) is 0 Å².